The number of nitrogens with zero attached hydrogens (tertiary/aromatic N) is 4. The number of halogens is 3. The van der Waals surface area contributed by atoms with Crippen LogP contribution in [0.3, 0.4) is 0 Å². The van der Waals surface area contributed by atoms with Crippen LogP contribution in [0.2, 0.25) is 0 Å². The van der Waals surface area contributed by atoms with Crippen molar-refractivity contribution in [1.82, 2.24) is 19.7 Å². The molecule has 3 heterocycles. The fraction of sp³-hybridized carbons (Fsp3) is 0.235. The Labute approximate surface area is 153 Å². The quantitative estimate of drug-likeness (QED) is 0.676. The molecule has 3 rings (SSSR count). The topological polar surface area (TPSA) is 77.7 Å². The molecule has 0 aromatic carbocycles. The van der Waals surface area contributed by atoms with E-state index in [4.69, 9.17) is 0 Å². The normalized spacial score (nSPS) is 12.3. The lowest BCUT2D eigenvalue weighted by Crippen LogP contribution is -2.07. The highest BCUT2D eigenvalue weighted by atomic mass is 32.2. The Morgan fingerprint density at radius 2 is 1.81 bits per heavy atom. The van der Waals surface area contributed by atoms with Crippen molar-refractivity contribution in [2.24, 2.45) is 7.05 Å². The van der Waals surface area contributed by atoms with E-state index in [1.54, 1.807) is 0 Å². The first-order valence-electron chi connectivity index (χ1n) is 7.89. The van der Waals surface area contributed by atoms with Crippen LogP contribution < -0.4 is 0 Å². The Hall–Kier alpha value is -2.75. The standard InChI is InChI=1S/C17H15F3N4O2S/c1-3-27(25,26)15-5-4-7-22-16(15)13-10-14(24(2)23-13)12-9-11(6-8-21-12)17(18,19)20/h4-10H,3H2,1-2H3. The summed E-state index contributed by atoms with van der Waals surface area (Å²) in [5, 5.41) is 4.23. The van der Waals surface area contributed by atoms with E-state index in [0.29, 0.717) is 5.69 Å². The molecule has 0 aliphatic heterocycles. The second-order valence-corrected chi connectivity index (χ2v) is 7.97. The van der Waals surface area contributed by atoms with Crippen LogP contribution in [0.5, 0.6) is 0 Å². The lowest BCUT2D eigenvalue weighted by Gasteiger charge is -2.07. The summed E-state index contributed by atoms with van der Waals surface area (Å²) in [5.41, 5.74) is -0.0710. The second-order valence-electron chi connectivity index (χ2n) is 5.72. The molecule has 0 amide bonds. The van der Waals surface area contributed by atoms with Gasteiger partial charge in [-0.25, -0.2) is 8.42 Å². The molecule has 0 saturated heterocycles. The minimum atomic E-state index is -4.50. The van der Waals surface area contributed by atoms with Crippen LogP contribution in [0.25, 0.3) is 22.8 Å². The van der Waals surface area contributed by atoms with E-state index in [1.165, 1.54) is 43.0 Å². The molecule has 0 N–H and O–H groups in total. The van der Waals surface area contributed by atoms with Gasteiger partial charge in [-0.15, -0.1) is 0 Å². The Bertz CT molecular complexity index is 1090. The summed E-state index contributed by atoms with van der Waals surface area (Å²) in [7, 11) is -2.01. The molecule has 0 unspecified atom stereocenters. The minimum absolute atomic E-state index is 0.0224. The van der Waals surface area contributed by atoms with E-state index >= 15 is 0 Å². The van der Waals surface area contributed by atoms with Crippen molar-refractivity contribution in [3.05, 3.63) is 48.3 Å². The van der Waals surface area contributed by atoms with Gasteiger partial charge in [-0.1, -0.05) is 6.92 Å². The molecule has 0 aliphatic rings. The van der Waals surface area contributed by atoms with Gasteiger partial charge in [-0.3, -0.25) is 14.6 Å². The van der Waals surface area contributed by atoms with Gasteiger partial charge >= 0.3 is 6.18 Å². The molecule has 0 aliphatic carbocycles. The average molecular weight is 396 g/mol. The highest BCUT2D eigenvalue weighted by Crippen LogP contribution is 2.32. The number of hydrogen-bond donors (Lipinski definition) is 0. The largest absolute Gasteiger partial charge is 0.416 e. The van der Waals surface area contributed by atoms with Gasteiger partial charge in [0, 0.05) is 19.4 Å². The van der Waals surface area contributed by atoms with Gasteiger partial charge in [-0.05, 0) is 30.3 Å². The van der Waals surface area contributed by atoms with Crippen molar-refractivity contribution in [2.45, 2.75) is 18.0 Å². The number of aryl methyl sites for hydroxylation is 1. The fourth-order valence-corrected chi connectivity index (χ4v) is 3.61. The smallest absolute Gasteiger partial charge is 0.266 e. The minimum Gasteiger partial charge on any atom is -0.266 e. The lowest BCUT2D eigenvalue weighted by atomic mass is 10.1. The molecule has 0 spiro atoms. The summed E-state index contributed by atoms with van der Waals surface area (Å²) in [6, 6.07) is 6.20. The van der Waals surface area contributed by atoms with Crippen LogP contribution in [0.15, 0.2) is 47.6 Å². The maximum absolute atomic E-state index is 13.0. The molecular formula is C17H15F3N4O2S. The van der Waals surface area contributed by atoms with Crippen molar-refractivity contribution in [1.29, 1.82) is 0 Å². The Morgan fingerprint density at radius 3 is 2.48 bits per heavy atom. The van der Waals surface area contributed by atoms with Crippen LogP contribution in [0.1, 0.15) is 12.5 Å². The number of alkyl halides is 3. The molecule has 0 atom stereocenters. The summed E-state index contributed by atoms with van der Waals surface area (Å²) in [5.74, 6) is -0.111. The molecule has 0 radical (unpaired) electrons. The van der Waals surface area contributed by atoms with Gasteiger partial charge < -0.3 is 0 Å². The highest BCUT2D eigenvalue weighted by Gasteiger charge is 2.31. The van der Waals surface area contributed by atoms with E-state index < -0.39 is 21.6 Å². The monoisotopic (exact) mass is 396 g/mol. The van der Waals surface area contributed by atoms with Gasteiger partial charge in [0.15, 0.2) is 9.84 Å². The Kier molecular flexibility index (Phi) is 4.77. The van der Waals surface area contributed by atoms with E-state index in [2.05, 4.69) is 15.1 Å². The van der Waals surface area contributed by atoms with Crippen molar-refractivity contribution in [2.75, 3.05) is 5.75 Å². The van der Waals surface area contributed by atoms with Gasteiger partial charge in [0.25, 0.3) is 0 Å². The molecule has 142 valence electrons. The third-order valence-electron chi connectivity index (χ3n) is 3.96. The molecule has 3 aromatic rings. The maximum atomic E-state index is 13.0. The van der Waals surface area contributed by atoms with E-state index in [9.17, 15) is 21.6 Å². The van der Waals surface area contributed by atoms with E-state index in [1.807, 2.05) is 0 Å². The molecule has 6 nitrogen and oxygen atoms in total. The molecule has 0 saturated carbocycles. The molecule has 27 heavy (non-hydrogen) atoms. The van der Waals surface area contributed by atoms with E-state index in [-0.39, 0.29) is 27.7 Å². The molecule has 3 aromatic heterocycles. The van der Waals surface area contributed by atoms with Gasteiger partial charge in [-0.2, -0.15) is 18.3 Å². The zero-order chi connectivity index (χ0) is 19.8. The number of hydrogen-bond acceptors (Lipinski definition) is 5. The predicted octanol–water partition coefficient (Wildman–Crippen LogP) is 3.36. The zero-order valence-corrected chi connectivity index (χ0v) is 15.2. The summed E-state index contributed by atoms with van der Waals surface area (Å²) in [6.07, 6.45) is -2.00. The van der Waals surface area contributed by atoms with Crippen molar-refractivity contribution < 1.29 is 21.6 Å². The first kappa shape index (κ1) is 19.0. The molecule has 0 fully saturated rings. The fourth-order valence-electron chi connectivity index (χ4n) is 2.56. The summed E-state index contributed by atoms with van der Waals surface area (Å²) in [6.45, 7) is 1.52. The zero-order valence-electron chi connectivity index (χ0n) is 14.4. The number of sulfone groups is 1. The van der Waals surface area contributed by atoms with Crippen molar-refractivity contribution in [3.63, 3.8) is 0 Å². The van der Waals surface area contributed by atoms with Crippen LogP contribution >= 0.6 is 0 Å². The predicted molar refractivity (Wildman–Crippen MR) is 92.4 cm³/mol. The lowest BCUT2D eigenvalue weighted by molar-refractivity contribution is -0.137. The third kappa shape index (κ3) is 3.70. The highest BCUT2D eigenvalue weighted by molar-refractivity contribution is 7.91. The SMILES string of the molecule is CCS(=O)(=O)c1cccnc1-c1cc(-c2cc(C(F)(F)F)ccn2)n(C)n1. The van der Waals surface area contributed by atoms with Gasteiger partial charge in [0.05, 0.1) is 27.6 Å². The summed E-state index contributed by atoms with van der Waals surface area (Å²) >= 11 is 0. The summed E-state index contributed by atoms with van der Waals surface area (Å²) < 4.78 is 64.8. The van der Waals surface area contributed by atoms with Gasteiger partial charge in [0.1, 0.15) is 11.4 Å². The van der Waals surface area contributed by atoms with Gasteiger partial charge in [0.2, 0.25) is 0 Å². The Balaban J connectivity index is 2.13. The van der Waals surface area contributed by atoms with Crippen LogP contribution in [-0.2, 0) is 23.1 Å². The first-order chi connectivity index (χ1) is 12.6. The van der Waals surface area contributed by atoms with Crippen molar-refractivity contribution in [3.8, 4) is 22.8 Å². The maximum Gasteiger partial charge on any atom is 0.416 e. The second kappa shape index (κ2) is 6.76. The average Bonchev–Trinajstić information content (AvgIpc) is 3.03. The summed E-state index contributed by atoms with van der Waals surface area (Å²) in [4.78, 5) is 8.11. The first-order valence-corrected chi connectivity index (χ1v) is 9.54. The molecular weight excluding hydrogens is 381 g/mol. The Morgan fingerprint density at radius 1 is 1.07 bits per heavy atom. The van der Waals surface area contributed by atoms with Crippen LogP contribution in [0.4, 0.5) is 13.2 Å². The van der Waals surface area contributed by atoms with E-state index in [0.717, 1.165) is 18.3 Å². The molecule has 0 bridgehead atoms. The third-order valence-corrected chi connectivity index (χ3v) is 5.72. The van der Waals surface area contributed by atoms with Crippen LogP contribution in [0, 0.1) is 0 Å². The number of pyridine rings is 2. The number of aromatic nitrogens is 4. The van der Waals surface area contributed by atoms with Crippen LogP contribution in [-0.4, -0.2) is 33.9 Å². The molecule has 10 heteroatoms. The number of rotatable bonds is 4. The van der Waals surface area contributed by atoms with Crippen molar-refractivity contribution >= 4 is 9.84 Å².